The summed E-state index contributed by atoms with van der Waals surface area (Å²) in [5, 5.41) is 3.12. The lowest BCUT2D eigenvalue weighted by Crippen LogP contribution is -2.40. The van der Waals surface area contributed by atoms with E-state index in [9.17, 15) is 13.2 Å². The van der Waals surface area contributed by atoms with E-state index in [1.54, 1.807) is 35.6 Å². The van der Waals surface area contributed by atoms with Crippen molar-refractivity contribution in [3.05, 3.63) is 59.5 Å². The Morgan fingerprint density at radius 2 is 1.80 bits per heavy atom. The molecule has 1 fully saturated rings. The normalized spacial score (nSPS) is 15.9. The van der Waals surface area contributed by atoms with Crippen molar-refractivity contribution >= 4 is 37.4 Å². The molecular weight excluding hydrogens is 422 g/mol. The molecular formula is C22H23NO5S2. The first kappa shape index (κ1) is 20.8. The maximum Gasteiger partial charge on any atom is 0.309 e. The number of hydrogen-bond acceptors (Lipinski definition) is 6. The van der Waals surface area contributed by atoms with E-state index in [0.29, 0.717) is 31.7 Å². The quantitative estimate of drug-likeness (QED) is 0.535. The molecule has 158 valence electrons. The number of carbonyl (C=O) groups excluding carboxylic acids is 1. The number of methoxy groups -OCH3 is 1. The molecule has 0 bridgehead atoms. The summed E-state index contributed by atoms with van der Waals surface area (Å²) in [6.45, 7) is 0.845. The van der Waals surface area contributed by atoms with E-state index in [0.717, 1.165) is 10.9 Å². The SMILES string of the molecule is COc1ccc(S(=O)(=O)N2CCC(C(=O)OCc3csc4ccccc34)CC2)cc1. The van der Waals surface area contributed by atoms with Crippen LogP contribution in [0, 0.1) is 5.92 Å². The minimum absolute atomic E-state index is 0.230. The number of nitrogens with zero attached hydrogens (tertiary/aromatic N) is 1. The number of sulfonamides is 1. The van der Waals surface area contributed by atoms with Gasteiger partial charge in [0, 0.05) is 23.4 Å². The van der Waals surface area contributed by atoms with Crippen LogP contribution in [0.15, 0.2) is 58.8 Å². The number of hydrogen-bond donors (Lipinski definition) is 0. The molecule has 1 aliphatic rings. The van der Waals surface area contributed by atoms with E-state index in [4.69, 9.17) is 9.47 Å². The molecule has 0 radical (unpaired) electrons. The Labute approximate surface area is 180 Å². The third-order valence-electron chi connectivity index (χ3n) is 5.42. The van der Waals surface area contributed by atoms with Crippen LogP contribution in [-0.4, -0.2) is 38.9 Å². The molecule has 6 nitrogen and oxygen atoms in total. The van der Waals surface area contributed by atoms with Gasteiger partial charge in [-0.2, -0.15) is 4.31 Å². The van der Waals surface area contributed by atoms with E-state index in [-0.39, 0.29) is 23.4 Å². The zero-order valence-electron chi connectivity index (χ0n) is 16.6. The monoisotopic (exact) mass is 445 g/mol. The Kier molecular flexibility index (Phi) is 6.08. The first-order valence-electron chi connectivity index (χ1n) is 9.75. The summed E-state index contributed by atoms with van der Waals surface area (Å²) in [5.74, 6) is 0.0674. The van der Waals surface area contributed by atoms with Crippen molar-refractivity contribution in [1.82, 2.24) is 4.31 Å². The molecule has 0 unspecified atom stereocenters. The topological polar surface area (TPSA) is 72.9 Å². The summed E-state index contributed by atoms with van der Waals surface area (Å²) in [7, 11) is -2.05. The molecule has 0 atom stereocenters. The molecule has 1 aliphatic heterocycles. The van der Waals surface area contributed by atoms with Crippen molar-refractivity contribution in [1.29, 1.82) is 0 Å². The molecule has 0 N–H and O–H groups in total. The van der Waals surface area contributed by atoms with Crippen molar-refractivity contribution in [3.63, 3.8) is 0 Å². The summed E-state index contributed by atoms with van der Waals surface area (Å²) in [4.78, 5) is 12.8. The standard InChI is InChI=1S/C22H23NO5S2/c1-27-18-6-8-19(9-7-18)30(25,26)23-12-10-16(11-13-23)22(24)28-14-17-15-29-21-5-3-2-4-20(17)21/h2-9,15-16H,10-14H2,1H3. The fourth-order valence-electron chi connectivity index (χ4n) is 3.64. The number of carbonyl (C=O) groups is 1. The minimum atomic E-state index is -3.58. The zero-order valence-corrected chi connectivity index (χ0v) is 18.2. The number of piperidine rings is 1. The van der Waals surface area contributed by atoms with E-state index in [1.807, 2.05) is 29.6 Å². The highest BCUT2D eigenvalue weighted by molar-refractivity contribution is 7.89. The Hall–Kier alpha value is -2.42. The first-order valence-corrected chi connectivity index (χ1v) is 12.1. The summed E-state index contributed by atoms with van der Waals surface area (Å²) in [6, 6.07) is 14.4. The maximum atomic E-state index is 12.8. The van der Waals surface area contributed by atoms with Gasteiger partial charge in [-0.1, -0.05) is 18.2 Å². The first-order chi connectivity index (χ1) is 14.5. The maximum absolute atomic E-state index is 12.8. The third-order valence-corrected chi connectivity index (χ3v) is 8.34. The minimum Gasteiger partial charge on any atom is -0.497 e. The van der Waals surface area contributed by atoms with Gasteiger partial charge in [0.25, 0.3) is 0 Å². The van der Waals surface area contributed by atoms with Crippen LogP contribution >= 0.6 is 11.3 Å². The fraction of sp³-hybridized carbons (Fsp3) is 0.318. The summed E-state index contributed by atoms with van der Waals surface area (Å²) >= 11 is 1.63. The molecule has 0 spiro atoms. The highest BCUT2D eigenvalue weighted by Crippen LogP contribution is 2.28. The van der Waals surface area contributed by atoms with Gasteiger partial charge in [0.2, 0.25) is 10.0 Å². The molecule has 1 aromatic heterocycles. The van der Waals surface area contributed by atoms with E-state index >= 15 is 0 Å². The van der Waals surface area contributed by atoms with Gasteiger partial charge in [-0.25, -0.2) is 8.42 Å². The number of esters is 1. The summed E-state index contributed by atoms with van der Waals surface area (Å²) in [6.07, 6.45) is 0.914. The van der Waals surface area contributed by atoms with Crippen molar-refractivity contribution in [2.45, 2.75) is 24.3 Å². The van der Waals surface area contributed by atoms with Crippen LogP contribution in [0.25, 0.3) is 10.1 Å². The lowest BCUT2D eigenvalue weighted by atomic mass is 9.98. The smallest absolute Gasteiger partial charge is 0.309 e. The highest BCUT2D eigenvalue weighted by atomic mass is 32.2. The van der Waals surface area contributed by atoms with Gasteiger partial charge in [-0.3, -0.25) is 4.79 Å². The average molecular weight is 446 g/mol. The van der Waals surface area contributed by atoms with E-state index < -0.39 is 10.0 Å². The number of fused-ring (bicyclic) bond motifs is 1. The molecule has 0 amide bonds. The van der Waals surface area contributed by atoms with Crippen molar-refractivity contribution in [2.75, 3.05) is 20.2 Å². The average Bonchev–Trinajstić information content (AvgIpc) is 3.20. The number of thiophene rings is 1. The van der Waals surface area contributed by atoms with E-state index in [1.165, 1.54) is 16.1 Å². The van der Waals surface area contributed by atoms with Crippen LogP contribution < -0.4 is 4.74 Å². The lowest BCUT2D eigenvalue weighted by Gasteiger charge is -2.30. The van der Waals surface area contributed by atoms with Gasteiger partial charge >= 0.3 is 5.97 Å². The number of benzene rings is 2. The van der Waals surface area contributed by atoms with Gasteiger partial charge in [-0.15, -0.1) is 11.3 Å². The summed E-state index contributed by atoms with van der Waals surface area (Å²) in [5.41, 5.74) is 1.00. The second-order valence-corrected chi connectivity index (χ2v) is 10.1. The van der Waals surface area contributed by atoms with Crippen LogP contribution in [0.1, 0.15) is 18.4 Å². The second-order valence-electron chi connectivity index (χ2n) is 7.22. The van der Waals surface area contributed by atoms with Gasteiger partial charge in [0.15, 0.2) is 0 Å². The van der Waals surface area contributed by atoms with E-state index in [2.05, 4.69) is 0 Å². The Morgan fingerprint density at radius 3 is 2.50 bits per heavy atom. The second kappa shape index (κ2) is 8.75. The van der Waals surface area contributed by atoms with Gasteiger partial charge < -0.3 is 9.47 Å². The largest absolute Gasteiger partial charge is 0.497 e. The Morgan fingerprint density at radius 1 is 1.10 bits per heavy atom. The van der Waals surface area contributed by atoms with Crippen molar-refractivity contribution < 1.29 is 22.7 Å². The Bertz CT molecular complexity index is 1130. The van der Waals surface area contributed by atoms with Gasteiger partial charge in [-0.05, 0) is 53.9 Å². The van der Waals surface area contributed by atoms with Crippen LogP contribution in [0.2, 0.25) is 0 Å². The highest BCUT2D eigenvalue weighted by Gasteiger charge is 2.32. The lowest BCUT2D eigenvalue weighted by molar-refractivity contribution is -0.151. The molecule has 0 aliphatic carbocycles. The summed E-state index contributed by atoms with van der Waals surface area (Å²) < 4.78 is 38.9. The molecule has 30 heavy (non-hydrogen) atoms. The fourth-order valence-corrected chi connectivity index (χ4v) is 6.06. The van der Waals surface area contributed by atoms with Gasteiger partial charge in [0.1, 0.15) is 12.4 Å². The predicted molar refractivity (Wildman–Crippen MR) is 116 cm³/mol. The van der Waals surface area contributed by atoms with Gasteiger partial charge in [0.05, 0.1) is 17.9 Å². The van der Waals surface area contributed by atoms with Crippen LogP contribution in [0.3, 0.4) is 0 Å². The molecule has 2 heterocycles. The molecule has 1 saturated heterocycles. The van der Waals surface area contributed by atoms with Crippen LogP contribution in [-0.2, 0) is 26.2 Å². The van der Waals surface area contributed by atoms with Crippen molar-refractivity contribution in [3.8, 4) is 5.75 Å². The number of rotatable bonds is 6. The van der Waals surface area contributed by atoms with Crippen molar-refractivity contribution in [2.24, 2.45) is 5.92 Å². The molecule has 4 rings (SSSR count). The predicted octanol–water partition coefficient (Wildman–Crippen LogP) is 4.05. The zero-order chi connectivity index (χ0) is 21.1. The third kappa shape index (κ3) is 4.21. The van der Waals surface area contributed by atoms with Crippen LogP contribution in [0.5, 0.6) is 5.75 Å². The molecule has 2 aromatic carbocycles. The van der Waals surface area contributed by atoms with Crippen LogP contribution in [0.4, 0.5) is 0 Å². The molecule has 0 saturated carbocycles. The molecule has 3 aromatic rings. The Balaban J connectivity index is 1.33. The molecule has 8 heteroatoms. The number of ether oxygens (including phenoxy) is 2.